The maximum absolute atomic E-state index is 12.7. The van der Waals surface area contributed by atoms with Crippen molar-refractivity contribution < 1.29 is 14.3 Å². The fraction of sp³-hybridized carbons (Fsp3) is 0.455. The van der Waals surface area contributed by atoms with Crippen molar-refractivity contribution in [1.29, 1.82) is 0 Å². The quantitative estimate of drug-likeness (QED) is 0.811. The molecule has 0 amide bonds. The fourth-order valence-electron chi connectivity index (χ4n) is 2.22. The lowest BCUT2D eigenvalue weighted by Gasteiger charge is -2.22. The summed E-state index contributed by atoms with van der Waals surface area (Å²) in [6, 6.07) is 2.75. The predicted molar refractivity (Wildman–Crippen MR) is 52.0 cm³/mol. The summed E-state index contributed by atoms with van der Waals surface area (Å²) in [5.41, 5.74) is -0.401. The molecule has 1 N–H and O–H groups in total. The van der Waals surface area contributed by atoms with Crippen LogP contribution < -0.4 is 0 Å². The van der Waals surface area contributed by atoms with Gasteiger partial charge in [-0.25, -0.2) is 4.39 Å². The zero-order chi connectivity index (χ0) is 10.9. The van der Waals surface area contributed by atoms with Crippen molar-refractivity contribution in [2.24, 2.45) is 0 Å². The number of carboxylic acid groups (broad SMARTS) is 1. The van der Waals surface area contributed by atoms with Gasteiger partial charge >= 0.3 is 5.97 Å². The van der Waals surface area contributed by atoms with Crippen LogP contribution in [-0.2, 0) is 10.2 Å². The van der Waals surface area contributed by atoms with Crippen molar-refractivity contribution in [3.63, 3.8) is 0 Å². The molecule has 15 heavy (non-hydrogen) atoms. The van der Waals surface area contributed by atoms with Crippen LogP contribution in [0.5, 0.6) is 0 Å². The number of carboxylic acids is 1. The van der Waals surface area contributed by atoms with Crippen LogP contribution in [0.1, 0.15) is 31.4 Å². The van der Waals surface area contributed by atoms with Crippen LogP contribution >= 0.6 is 0 Å². The van der Waals surface area contributed by atoms with E-state index in [0.717, 1.165) is 19.0 Å². The molecular weight excluding hydrogens is 197 g/mol. The van der Waals surface area contributed by atoms with E-state index in [1.165, 1.54) is 12.1 Å². The molecule has 0 aromatic carbocycles. The summed E-state index contributed by atoms with van der Waals surface area (Å²) in [5, 5.41) is 9.25. The lowest BCUT2D eigenvalue weighted by molar-refractivity contribution is -0.143. The van der Waals surface area contributed by atoms with Gasteiger partial charge in [0.25, 0.3) is 0 Å². The normalized spacial score (nSPS) is 19.0. The first-order valence-electron chi connectivity index (χ1n) is 5.00. The van der Waals surface area contributed by atoms with Crippen LogP contribution in [-0.4, -0.2) is 16.1 Å². The number of halogens is 1. The van der Waals surface area contributed by atoms with Crippen molar-refractivity contribution >= 4 is 5.97 Å². The number of aromatic nitrogens is 1. The highest BCUT2D eigenvalue weighted by Gasteiger charge is 2.44. The molecule has 3 nitrogen and oxygen atoms in total. The molecule has 0 unspecified atom stereocenters. The van der Waals surface area contributed by atoms with Crippen molar-refractivity contribution in [3.05, 3.63) is 29.8 Å². The molecule has 2 rings (SSSR count). The Labute approximate surface area is 87.0 Å². The van der Waals surface area contributed by atoms with E-state index < -0.39 is 17.2 Å². The third-order valence-electron chi connectivity index (χ3n) is 3.08. The van der Waals surface area contributed by atoms with Gasteiger partial charge in [0.1, 0.15) is 11.2 Å². The number of rotatable bonds is 2. The van der Waals surface area contributed by atoms with E-state index >= 15 is 0 Å². The highest BCUT2D eigenvalue weighted by Crippen LogP contribution is 2.40. The highest BCUT2D eigenvalue weighted by molar-refractivity contribution is 5.81. The van der Waals surface area contributed by atoms with Crippen LogP contribution in [0.4, 0.5) is 4.39 Å². The molecule has 0 radical (unpaired) electrons. The minimum absolute atomic E-state index is 0.433. The maximum atomic E-state index is 12.7. The van der Waals surface area contributed by atoms with E-state index in [-0.39, 0.29) is 0 Å². The lowest BCUT2D eigenvalue weighted by atomic mass is 9.82. The van der Waals surface area contributed by atoms with E-state index in [9.17, 15) is 14.3 Å². The molecule has 1 heterocycles. The summed E-state index contributed by atoms with van der Waals surface area (Å²) < 4.78 is 12.7. The molecule has 0 atom stereocenters. The topological polar surface area (TPSA) is 50.2 Å². The molecule has 1 saturated carbocycles. The Kier molecular flexibility index (Phi) is 2.42. The van der Waals surface area contributed by atoms with E-state index in [1.54, 1.807) is 0 Å². The molecule has 4 heteroatoms. The number of aliphatic carboxylic acids is 1. The van der Waals surface area contributed by atoms with Gasteiger partial charge in [0, 0.05) is 0 Å². The summed E-state index contributed by atoms with van der Waals surface area (Å²) in [6.07, 6.45) is 4.07. The summed E-state index contributed by atoms with van der Waals surface area (Å²) in [6.45, 7) is 0. The Morgan fingerprint density at radius 1 is 1.40 bits per heavy atom. The van der Waals surface area contributed by atoms with E-state index in [0.29, 0.717) is 18.5 Å². The molecule has 1 aliphatic rings. The summed E-state index contributed by atoms with van der Waals surface area (Å²) in [5.74, 6) is -1.28. The number of hydrogen-bond donors (Lipinski definition) is 1. The van der Waals surface area contributed by atoms with Crippen molar-refractivity contribution in [2.45, 2.75) is 31.1 Å². The van der Waals surface area contributed by atoms with Crippen LogP contribution in [0.2, 0.25) is 0 Å². The lowest BCUT2D eigenvalue weighted by Crippen LogP contribution is -2.33. The number of carbonyl (C=O) groups is 1. The molecule has 1 aromatic rings. The Bertz CT molecular complexity index is 369. The Morgan fingerprint density at radius 2 is 2.07 bits per heavy atom. The summed E-state index contributed by atoms with van der Waals surface area (Å²) in [4.78, 5) is 15.2. The fourth-order valence-corrected chi connectivity index (χ4v) is 2.22. The monoisotopic (exact) mass is 209 g/mol. The van der Waals surface area contributed by atoms with Gasteiger partial charge in [-0.1, -0.05) is 12.8 Å². The molecule has 1 fully saturated rings. The zero-order valence-electron chi connectivity index (χ0n) is 8.24. The van der Waals surface area contributed by atoms with Gasteiger partial charge in [0.15, 0.2) is 0 Å². The zero-order valence-corrected chi connectivity index (χ0v) is 8.24. The SMILES string of the molecule is O=C(O)C1(c2ccc(F)cn2)CCCC1. The first-order chi connectivity index (χ1) is 7.15. The second kappa shape index (κ2) is 3.61. The molecule has 0 saturated heterocycles. The van der Waals surface area contributed by atoms with Gasteiger partial charge in [-0.05, 0) is 25.0 Å². The Hall–Kier alpha value is -1.45. The largest absolute Gasteiger partial charge is 0.481 e. The smallest absolute Gasteiger partial charge is 0.315 e. The minimum Gasteiger partial charge on any atom is -0.481 e. The summed E-state index contributed by atoms with van der Waals surface area (Å²) in [7, 11) is 0. The second-order valence-electron chi connectivity index (χ2n) is 3.96. The molecule has 80 valence electrons. The van der Waals surface area contributed by atoms with Gasteiger partial charge in [0.2, 0.25) is 0 Å². The average molecular weight is 209 g/mol. The van der Waals surface area contributed by atoms with Crippen LogP contribution in [0.3, 0.4) is 0 Å². The molecule has 1 aromatic heterocycles. The molecule has 0 aliphatic heterocycles. The van der Waals surface area contributed by atoms with Crippen LogP contribution in [0, 0.1) is 5.82 Å². The standard InChI is InChI=1S/C11H12FNO2/c12-8-3-4-9(13-7-8)11(10(14)15)5-1-2-6-11/h3-4,7H,1-2,5-6H2,(H,14,15). The summed E-state index contributed by atoms with van der Waals surface area (Å²) >= 11 is 0. The van der Waals surface area contributed by atoms with Crippen LogP contribution in [0.25, 0.3) is 0 Å². The molecular formula is C11H12FNO2. The second-order valence-corrected chi connectivity index (χ2v) is 3.96. The molecule has 1 aliphatic carbocycles. The van der Waals surface area contributed by atoms with E-state index in [1.807, 2.05) is 0 Å². The number of hydrogen-bond acceptors (Lipinski definition) is 2. The molecule has 0 bridgehead atoms. The van der Waals surface area contributed by atoms with Gasteiger partial charge in [0.05, 0.1) is 11.9 Å². The van der Waals surface area contributed by atoms with E-state index in [2.05, 4.69) is 4.98 Å². The minimum atomic E-state index is -0.881. The highest BCUT2D eigenvalue weighted by atomic mass is 19.1. The number of pyridine rings is 1. The predicted octanol–water partition coefficient (Wildman–Crippen LogP) is 2.12. The number of nitrogens with zero attached hydrogens (tertiary/aromatic N) is 1. The van der Waals surface area contributed by atoms with Crippen LogP contribution in [0.15, 0.2) is 18.3 Å². The third kappa shape index (κ3) is 1.60. The van der Waals surface area contributed by atoms with Gasteiger partial charge < -0.3 is 5.11 Å². The average Bonchev–Trinajstić information content (AvgIpc) is 2.69. The first-order valence-corrected chi connectivity index (χ1v) is 5.00. The van der Waals surface area contributed by atoms with Gasteiger partial charge in [-0.15, -0.1) is 0 Å². The Balaban J connectivity index is 2.41. The van der Waals surface area contributed by atoms with E-state index in [4.69, 9.17) is 0 Å². The van der Waals surface area contributed by atoms with Gasteiger partial charge in [-0.3, -0.25) is 9.78 Å². The maximum Gasteiger partial charge on any atom is 0.315 e. The van der Waals surface area contributed by atoms with Crippen molar-refractivity contribution in [3.8, 4) is 0 Å². The van der Waals surface area contributed by atoms with Gasteiger partial charge in [-0.2, -0.15) is 0 Å². The van der Waals surface area contributed by atoms with Crippen molar-refractivity contribution in [1.82, 2.24) is 4.98 Å². The molecule has 0 spiro atoms. The third-order valence-corrected chi connectivity index (χ3v) is 3.08. The Morgan fingerprint density at radius 3 is 2.53 bits per heavy atom. The first kappa shape index (κ1) is 10.1. The van der Waals surface area contributed by atoms with Crippen molar-refractivity contribution in [2.75, 3.05) is 0 Å².